The van der Waals surface area contributed by atoms with Crippen molar-refractivity contribution in [3.63, 3.8) is 0 Å². The highest BCUT2D eigenvalue weighted by Crippen LogP contribution is 2.13. The molecule has 0 radical (unpaired) electrons. The molecule has 0 bridgehead atoms. The van der Waals surface area contributed by atoms with Gasteiger partial charge in [-0.05, 0) is 36.2 Å². The number of halogens is 1. The second-order valence-electron chi connectivity index (χ2n) is 6.08. The summed E-state index contributed by atoms with van der Waals surface area (Å²) in [5, 5.41) is 7.26. The third-order valence-corrected chi connectivity index (χ3v) is 4.17. The van der Waals surface area contributed by atoms with E-state index in [9.17, 15) is 14.4 Å². The van der Waals surface area contributed by atoms with E-state index >= 15 is 0 Å². The molecule has 150 valence electrons. The highest BCUT2D eigenvalue weighted by Gasteiger charge is 2.15. The minimum absolute atomic E-state index is 0.100. The SMILES string of the molecule is O=C(COC(=O)Cn1nc(-c2ccccc2)oc1=O)NCCc1ccc(Cl)cc1. The Morgan fingerprint density at radius 1 is 1.10 bits per heavy atom. The Morgan fingerprint density at radius 3 is 2.55 bits per heavy atom. The van der Waals surface area contributed by atoms with Crippen molar-refractivity contribution in [3.8, 4) is 11.5 Å². The second kappa shape index (κ2) is 9.70. The summed E-state index contributed by atoms with van der Waals surface area (Å²) in [5.41, 5.74) is 1.63. The molecular formula is C20H18ClN3O5. The molecular weight excluding hydrogens is 398 g/mol. The smallest absolute Gasteiger partial charge is 0.437 e. The van der Waals surface area contributed by atoms with E-state index in [-0.39, 0.29) is 5.89 Å². The zero-order chi connectivity index (χ0) is 20.6. The van der Waals surface area contributed by atoms with Crippen LogP contribution in [0.5, 0.6) is 0 Å². The maximum Gasteiger partial charge on any atom is 0.437 e. The first-order chi connectivity index (χ1) is 14.0. The summed E-state index contributed by atoms with van der Waals surface area (Å²) in [6, 6.07) is 16.1. The number of esters is 1. The third-order valence-electron chi connectivity index (χ3n) is 3.92. The zero-order valence-electron chi connectivity index (χ0n) is 15.3. The molecule has 0 unspecified atom stereocenters. The van der Waals surface area contributed by atoms with Crippen LogP contribution in [0.1, 0.15) is 5.56 Å². The fraction of sp³-hybridized carbons (Fsp3) is 0.200. The normalized spacial score (nSPS) is 10.5. The summed E-state index contributed by atoms with van der Waals surface area (Å²) >= 11 is 5.82. The van der Waals surface area contributed by atoms with Crippen LogP contribution in [0.3, 0.4) is 0 Å². The summed E-state index contributed by atoms with van der Waals surface area (Å²) in [6.45, 7) is -0.508. The van der Waals surface area contributed by atoms with Gasteiger partial charge in [-0.1, -0.05) is 41.9 Å². The van der Waals surface area contributed by atoms with Crippen LogP contribution in [0.2, 0.25) is 5.02 Å². The fourth-order valence-corrected chi connectivity index (χ4v) is 2.59. The van der Waals surface area contributed by atoms with E-state index in [1.165, 1.54) is 0 Å². The first kappa shape index (κ1) is 20.3. The van der Waals surface area contributed by atoms with Gasteiger partial charge in [0.2, 0.25) is 5.89 Å². The molecule has 3 aromatic rings. The third kappa shape index (κ3) is 6.05. The van der Waals surface area contributed by atoms with Gasteiger partial charge in [-0.3, -0.25) is 9.59 Å². The molecule has 29 heavy (non-hydrogen) atoms. The number of aromatic nitrogens is 2. The Balaban J connectivity index is 1.42. The van der Waals surface area contributed by atoms with Gasteiger partial charge in [0, 0.05) is 17.1 Å². The molecule has 0 aliphatic heterocycles. The van der Waals surface area contributed by atoms with Gasteiger partial charge in [0.1, 0.15) is 6.54 Å². The molecule has 9 heteroatoms. The number of nitrogens with one attached hydrogen (secondary N) is 1. The summed E-state index contributed by atoms with van der Waals surface area (Å²) in [4.78, 5) is 35.5. The Labute approximate surface area is 171 Å². The first-order valence-electron chi connectivity index (χ1n) is 8.81. The van der Waals surface area contributed by atoms with Crippen LogP contribution in [0.4, 0.5) is 0 Å². The van der Waals surface area contributed by atoms with Crippen molar-refractivity contribution >= 4 is 23.5 Å². The predicted molar refractivity (Wildman–Crippen MR) is 105 cm³/mol. The summed E-state index contributed by atoms with van der Waals surface area (Å²) in [5.74, 6) is -1.89. The highest BCUT2D eigenvalue weighted by molar-refractivity contribution is 6.30. The number of carbonyl (C=O) groups is 2. The monoisotopic (exact) mass is 415 g/mol. The molecule has 1 amide bonds. The number of ether oxygens (including phenoxy) is 1. The maximum atomic E-state index is 11.9. The molecule has 0 spiro atoms. The molecule has 3 rings (SSSR count). The number of nitrogens with zero attached hydrogens (tertiary/aromatic N) is 2. The van der Waals surface area contributed by atoms with Crippen LogP contribution in [0, 0.1) is 0 Å². The minimum Gasteiger partial charge on any atom is -0.454 e. The quantitative estimate of drug-likeness (QED) is 0.565. The van der Waals surface area contributed by atoms with Gasteiger partial charge >= 0.3 is 11.7 Å². The molecule has 0 saturated heterocycles. The average molecular weight is 416 g/mol. The highest BCUT2D eigenvalue weighted by atomic mass is 35.5. The van der Waals surface area contributed by atoms with E-state index in [2.05, 4.69) is 10.4 Å². The number of rotatable bonds is 8. The maximum absolute atomic E-state index is 11.9. The van der Waals surface area contributed by atoms with Gasteiger partial charge in [-0.15, -0.1) is 5.10 Å². The zero-order valence-corrected chi connectivity index (χ0v) is 16.1. The van der Waals surface area contributed by atoms with E-state index in [0.717, 1.165) is 10.2 Å². The fourth-order valence-electron chi connectivity index (χ4n) is 2.47. The molecule has 8 nitrogen and oxygen atoms in total. The van der Waals surface area contributed by atoms with Crippen LogP contribution in [0.15, 0.2) is 63.8 Å². The van der Waals surface area contributed by atoms with Crippen molar-refractivity contribution in [2.24, 2.45) is 0 Å². The van der Waals surface area contributed by atoms with Gasteiger partial charge in [0.05, 0.1) is 0 Å². The van der Waals surface area contributed by atoms with Crippen LogP contribution in [0.25, 0.3) is 11.5 Å². The molecule has 1 N–H and O–H groups in total. The minimum atomic E-state index is -0.784. The average Bonchev–Trinajstić information content (AvgIpc) is 3.09. The lowest BCUT2D eigenvalue weighted by Gasteiger charge is -2.06. The molecule has 0 saturated carbocycles. The van der Waals surface area contributed by atoms with Crippen molar-refractivity contribution in [2.75, 3.05) is 13.2 Å². The molecule has 0 fully saturated rings. The predicted octanol–water partition coefficient (Wildman–Crippen LogP) is 2.06. The summed E-state index contributed by atoms with van der Waals surface area (Å²) < 4.78 is 10.8. The molecule has 0 atom stereocenters. The Kier molecular flexibility index (Phi) is 6.80. The largest absolute Gasteiger partial charge is 0.454 e. The number of hydrogen-bond donors (Lipinski definition) is 1. The van der Waals surface area contributed by atoms with Crippen molar-refractivity contribution in [3.05, 3.63) is 75.7 Å². The topological polar surface area (TPSA) is 103 Å². The molecule has 0 aliphatic carbocycles. The van der Waals surface area contributed by atoms with E-state index in [1.54, 1.807) is 36.4 Å². The number of amides is 1. The Bertz CT molecular complexity index is 1030. The number of benzene rings is 2. The molecule has 1 aromatic heterocycles. The number of carbonyl (C=O) groups excluding carboxylic acids is 2. The molecule has 1 heterocycles. The molecule has 0 aliphatic rings. The van der Waals surface area contributed by atoms with E-state index in [0.29, 0.717) is 23.6 Å². The van der Waals surface area contributed by atoms with Crippen LogP contribution >= 0.6 is 11.6 Å². The van der Waals surface area contributed by atoms with E-state index in [1.807, 2.05) is 18.2 Å². The van der Waals surface area contributed by atoms with Crippen molar-refractivity contribution < 1.29 is 18.7 Å². The Morgan fingerprint density at radius 2 is 1.83 bits per heavy atom. The van der Waals surface area contributed by atoms with Gasteiger partial charge in [-0.2, -0.15) is 4.68 Å². The van der Waals surface area contributed by atoms with E-state index < -0.39 is 30.8 Å². The van der Waals surface area contributed by atoms with Crippen molar-refractivity contribution in [1.82, 2.24) is 15.1 Å². The number of hydrogen-bond acceptors (Lipinski definition) is 6. The van der Waals surface area contributed by atoms with Crippen LogP contribution in [-0.2, 0) is 27.3 Å². The summed E-state index contributed by atoms with van der Waals surface area (Å²) in [6.07, 6.45) is 0.619. The van der Waals surface area contributed by atoms with Crippen LogP contribution < -0.4 is 11.1 Å². The van der Waals surface area contributed by atoms with Gasteiger partial charge in [-0.25, -0.2) is 4.79 Å². The molecule has 2 aromatic carbocycles. The summed E-state index contributed by atoms with van der Waals surface area (Å²) in [7, 11) is 0. The van der Waals surface area contributed by atoms with E-state index in [4.69, 9.17) is 20.8 Å². The van der Waals surface area contributed by atoms with Crippen LogP contribution in [-0.4, -0.2) is 34.8 Å². The van der Waals surface area contributed by atoms with Crippen molar-refractivity contribution in [2.45, 2.75) is 13.0 Å². The first-order valence-corrected chi connectivity index (χ1v) is 9.19. The lowest BCUT2D eigenvalue weighted by Crippen LogP contribution is -2.32. The Hall–Kier alpha value is -3.39. The standard InChI is InChI=1S/C20H18ClN3O5/c21-16-8-6-14(7-9-16)10-11-22-17(25)13-28-18(26)12-24-20(27)29-19(23-24)15-4-2-1-3-5-15/h1-9H,10-13H2,(H,22,25). The lowest BCUT2D eigenvalue weighted by atomic mass is 10.1. The van der Waals surface area contributed by atoms with Gasteiger partial charge < -0.3 is 14.5 Å². The second-order valence-corrected chi connectivity index (χ2v) is 6.52. The van der Waals surface area contributed by atoms with Gasteiger partial charge in [0.25, 0.3) is 5.91 Å². The van der Waals surface area contributed by atoms with Gasteiger partial charge in [0.15, 0.2) is 6.61 Å². The lowest BCUT2D eigenvalue weighted by molar-refractivity contribution is -0.149. The van der Waals surface area contributed by atoms with Crippen molar-refractivity contribution in [1.29, 1.82) is 0 Å².